The van der Waals surface area contributed by atoms with Gasteiger partial charge in [-0.15, -0.1) is 0 Å². The predicted octanol–water partition coefficient (Wildman–Crippen LogP) is 2.15. The SMILES string of the molecule is CC[C@H](C)[C@H](NC(=O)NC(C)c1c(C)noc1C)C(=O)O. The lowest BCUT2D eigenvalue weighted by Gasteiger charge is -2.22. The molecule has 1 unspecified atom stereocenters. The summed E-state index contributed by atoms with van der Waals surface area (Å²) in [5, 5.41) is 18.2. The first kappa shape index (κ1) is 17.0. The van der Waals surface area contributed by atoms with Gasteiger partial charge in [-0.2, -0.15) is 0 Å². The van der Waals surface area contributed by atoms with Crippen LogP contribution in [0.4, 0.5) is 4.79 Å². The lowest BCUT2D eigenvalue weighted by molar-refractivity contribution is -0.140. The number of aromatic nitrogens is 1. The number of carboxylic acid groups (broad SMARTS) is 1. The van der Waals surface area contributed by atoms with E-state index in [9.17, 15) is 9.59 Å². The van der Waals surface area contributed by atoms with Crippen molar-refractivity contribution in [1.29, 1.82) is 0 Å². The molecule has 0 aliphatic rings. The number of nitrogens with zero attached hydrogens (tertiary/aromatic N) is 1. The summed E-state index contributed by atoms with van der Waals surface area (Å²) in [6, 6.07) is -1.75. The van der Waals surface area contributed by atoms with E-state index in [1.54, 1.807) is 27.7 Å². The predicted molar refractivity (Wildman–Crippen MR) is 76.9 cm³/mol. The Kier molecular flexibility index (Phi) is 5.75. The van der Waals surface area contributed by atoms with Crippen molar-refractivity contribution in [2.24, 2.45) is 5.92 Å². The van der Waals surface area contributed by atoms with Crippen molar-refractivity contribution in [2.75, 3.05) is 0 Å². The number of aliphatic carboxylic acids is 1. The molecule has 1 rings (SSSR count). The van der Waals surface area contributed by atoms with Gasteiger partial charge in [0.05, 0.1) is 11.7 Å². The highest BCUT2D eigenvalue weighted by Crippen LogP contribution is 2.20. The van der Waals surface area contributed by atoms with Crippen LogP contribution in [0.3, 0.4) is 0 Å². The van der Waals surface area contributed by atoms with Crippen molar-refractivity contribution in [1.82, 2.24) is 15.8 Å². The fourth-order valence-electron chi connectivity index (χ4n) is 2.24. The molecule has 0 aromatic carbocycles. The summed E-state index contributed by atoms with van der Waals surface area (Å²) in [6.07, 6.45) is 0.663. The second kappa shape index (κ2) is 7.10. The van der Waals surface area contributed by atoms with Crippen LogP contribution >= 0.6 is 0 Å². The quantitative estimate of drug-likeness (QED) is 0.746. The summed E-state index contributed by atoms with van der Waals surface area (Å²) < 4.78 is 5.06. The summed E-state index contributed by atoms with van der Waals surface area (Å²) in [4.78, 5) is 23.2. The van der Waals surface area contributed by atoms with Crippen molar-refractivity contribution in [3.63, 3.8) is 0 Å². The zero-order chi connectivity index (χ0) is 16.2. The van der Waals surface area contributed by atoms with E-state index in [2.05, 4.69) is 15.8 Å². The number of carbonyl (C=O) groups excluding carboxylic acids is 1. The molecule has 0 fully saturated rings. The molecule has 1 aromatic rings. The van der Waals surface area contributed by atoms with Crippen molar-refractivity contribution < 1.29 is 19.2 Å². The Balaban J connectivity index is 2.70. The average Bonchev–Trinajstić information content (AvgIpc) is 2.74. The molecule has 0 aliphatic heterocycles. The van der Waals surface area contributed by atoms with Gasteiger partial charge in [0.1, 0.15) is 11.8 Å². The zero-order valence-electron chi connectivity index (χ0n) is 13.1. The molecule has 1 heterocycles. The van der Waals surface area contributed by atoms with Crippen molar-refractivity contribution in [3.05, 3.63) is 17.0 Å². The minimum atomic E-state index is -1.04. The van der Waals surface area contributed by atoms with Crippen LogP contribution in [-0.4, -0.2) is 28.3 Å². The van der Waals surface area contributed by atoms with E-state index in [0.29, 0.717) is 17.9 Å². The lowest BCUT2D eigenvalue weighted by Crippen LogP contribution is -2.49. The van der Waals surface area contributed by atoms with Crippen molar-refractivity contribution in [3.8, 4) is 0 Å². The van der Waals surface area contributed by atoms with Gasteiger partial charge in [-0.1, -0.05) is 25.4 Å². The minimum absolute atomic E-state index is 0.150. The standard InChI is InChI=1S/C14H23N3O4/c1-6-7(2)12(13(18)19)16-14(20)15-8(3)11-9(4)17-21-10(11)5/h7-8,12H,6H2,1-5H3,(H,18,19)(H2,15,16,20)/t7-,8?,12-/m0/s1. The fourth-order valence-corrected chi connectivity index (χ4v) is 2.24. The van der Waals surface area contributed by atoms with E-state index in [1.165, 1.54) is 0 Å². The Morgan fingerprint density at radius 2 is 1.90 bits per heavy atom. The highest BCUT2D eigenvalue weighted by molar-refractivity contribution is 5.82. The highest BCUT2D eigenvalue weighted by Gasteiger charge is 2.26. The second-order valence-corrected chi connectivity index (χ2v) is 5.28. The number of amides is 2. The van der Waals surface area contributed by atoms with E-state index in [0.717, 1.165) is 5.56 Å². The van der Waals surface area contributed by atoms with Crippen LogP contribution in [-0.2, 0) is 4.79 Å². The molecule has 0 spiro atoms. The molecule has 3 atom stereocenters. The molecule has 0 radical (unpaired) electrons. The van der Waals surface area contributed by atoms with Gasteiger partial charge >= 0.3 is 12.0 Å². The second-order valence-electron chi connectivity index (χ2n) is 5.28. The first-order valence-electron chi connectivity index (χ1n) is 7.00. The van der Waals surface area contributed by atoms with Gasteiger partial charge in [-0.3, -0.25) is 0 Å². The monoisotopic (exact) mass is 297 g/mol. The normalized spacial score (nSPS) is 15.1. The maximum atomic E-state index is 12.0. The average molecular weight is 297 g/mol. The van der Waals surface area contributed by atoms with Gasteiger partial charge in [0.25, 0.3) is 0 Å². The number of hydrogen-bond acceptors (Lipinski definition) is 4. The molecule has 2 amide bonds. The number of hydrogen-bond donors (Lipinski definition) is 3. The maximum absolute atomic E-state index is 12.0. The molecule has 118 valence electrons. The Labute approximate surface area is 124 Å². The third-order valence-electron chi connectivity index (χ3n) is 3.63. The molecule has 7 nitrogen and oxygen atoms in total. The third-order valence-corrected chi connectivity index (χ3v) is 3.63. The Bertz CT molecular complexity index is 493. The van der Waals surface area contributed by atoms with Crippen LogP contribution in [0.5, 0.6) is 0 Å². The summed E-state index contributed by atoms with van der Waals surface area (Å²) in [6.45, 7) is 9.03. The van der Waals surface area contributed by atoms with Gasteiger partial charge in [0.15, 0.2) is 0 Å². The Hall–Kier alpha value is -2.05. The molecule has 21 heavy (non-hydrogen) atoms. The van der Waals surface area contributed by atoms with E-state index < -0.39 is 18.0 Å². The van der Waals surface area contributed by atoms with Crippen LogP contribution in [0, 0.1) is 19.8 Å². The molecule has 0 bridgehead atoms. The largest absolute Gasteiger partial charge is 0.480 e. The van der Waals surface area contributed by atoms with Crippen LogP contribution in [0.2, 0.25) is 0 Å². The minimum Gasteiger partial charge on any atom is -0.480 e. The first-order chi connectivity index (χ1) is 9.77. The van der Waals surface area contributed by atoms with Crippen LogP contribution in [0.1, 0.15) is 50.3 Å². The van der Waals surface area contributed by atoms with Crippen LogP contribution in [0.25, 0.3) is 0 Å². The number of urea groups is 1. The molecular weight excluding hydrogens is 274 g/mol. The van der Waals surface area contributed by atoms with Gasteiger partial charge in [0.2, 0.25) is 0 Å². The number of nitrogens with one attached hydrogen (secondary N) is 2. The van der Waals surface area contributed by atoms with Crippen LogP contribution in [0.15, 0.2) is 4.52 Å². The lowest BCUT2D eigenvalue weighted by atomic mass is 9.99. The van der Waals surface area contributed by atoms with E-state index in [-0.39, 0.29) is 12.0 Å². The topological polar surface area (TPSA) is 104 Å². The molecule has 7 heteroatoms. The fraction of sp³-hybridized carbons (Fsp3) is 0.643. The smallest absolute Gasteiger partial charge is 0.326 e. The molecule has 0 aliphatic carbocycles. The van der Waals surface area contributed by atoms with Crippen molar-refractivity contribution in [2.45, 2.75) is 53.1 Å². The van der Waals surface area contributed by atoms with Crippen molar-refractivity contribution >= 4 is 12.0 Å². The summed E-state index contributed by atoms with van der Waals surface area (Å²) >= 11 is 0. The number of carboxylic acids is 1. The first-order valence-corrected chi connectivity index (χ1v) is 7.00. The molecule has 3 N–H and O–H groups in total. The van der Waals surface area contributed by atoms with Gasteiger partial charge in [0, 0.05) is 5.56 Å². The summed E-state index contributed by atoms with van der Waals surface area (Å²) in [5.74, 6) is -0.552. The van der Waals surface area contributed by atoms with Gasteiger partial charge in [-0.05, 0) is 26.7 Å². The number of rotatable bonds is 6. The Morgan fingerprint density at radius 1 is 1.29 bits per heavy atom. The molecule has 1 aromatic heterocycles. The maximum Gasteiger partial charge on any atom is 0.326 e. The highest BCUT2D eigenvalue weighted by atomic mass is 16.5. The Morgan fingerprint density at radius 3 is 2.33 bits per heavy atom. The number of aryl methyl sites for hydroxylation is 2. The molecular formula is C14H23N3O4. The van der Waals surface area contributed by atoms with E-state index >= 15 is 0 Å². The van der Waals surface area contributed by atoms with Gasteiger partial charge in [-0.25, -0.2) is 9.59 Å². The molecule has 0 saturated carbocycles. The summed E-state index contributed by atoms with van der Waals surface area (Å²) in [7, 11) is 0. The zero-order valence-corrected chi connectivity index (χ0v) is 13.1. The summed E-state index contributed by atoms with van der Waals surface area (Å²) in [5.41, 5.74) is 1.51. The van der Waals surface area contributed by atoms with Gasteiger partial charge < -0.3 is 20.3 Å². The number of carbonyl (C=O) groups is 2. The van der Waals surface area contributed by atoms with Crippen LogP contribution < -0.4 is 10.6 Å². The van der Waals surface area contributed by atoms with E-state index in [1.807, 2.05) is 6.92 Å². The molecule has 0 saturated heterocycles. The third kappa shape index (κ3) is 4.21. The van der Waals surface area contributed by atoms with E-state index in [4.69, 9.17) is 9.63 Å².